The van der Waals surface area contributed by atoms with Crippen molar-refractivity contribution in [2.24, 2.45) is 5.41 Å². The molecule has 2 aliphatic heterocycles. The third-order valence-corrected chi connectivity index (χ3v) is 6.70. The molecule has 1 aromatic heterocycles. The van der Waals surface area contributed by atoms with Gasteiger partial charge in [0.1, 0.15) is 0 Å². The molecule has 1 saturated heterocycles. The number of pyridine rings is 1. The zero-order chi connectivity index (χ0) is 18.2. The van der Waals surface area contributed by atoms with Crippen LogP contribution in [0.4, 0.5) is 5.69 Å². The number of para-hydroxylation sites is 1. The normalized spacial score (nSPS) is 23.8. The smallest absolute Gasteiger partial charge is 0.232 e. The summed E-state index contributed by atoms with van der Waals surface area (Å²) in [6.45, 7) is 3.42. The van der Waals surface area contributed by atoms with Crippen LogP contribution in [0.15, 0.2) is 48.8 Å². The maximum absolute atomic E-state index is 12.5. The van der Waals surface area contributed by atoms with E-state index in [0.717, 1.165) is 50.1 Å². The van der Waals surface area contributed by atoms with Crippen LogP contribution in [0.2, 0.25) is 0 Å². The van der Waals surface area contributed by atoms with Gasteiger partial charge >= 0.3 is 0 Å². The zero-order valence-corrected chi connectivity index (χ0v) is 16.0. The predicted molar refractivity (Wildman–Crippen MR) is 104 cm³/mol. The first-order valence-electron chi connectivity index (χ1n) is 9.12. The summed E-state index contributed by atoms with van der Waals surface area (Å²) >= 11 is 0. The van der Waals surface area contributed by atoms with Gasteiger partial charge in [-0.1, -0.05) is 24.3 Å². The van der Waals surface area contributed by atoms with Crippen molar-refractivity contribution in [3.63, 3.8) is 0 Å². The molecular formula is C20H25N3O2S. The summed E-state index contributed by atoms with van der Waals surface area (Å²) in [5.74, 6) is 0. The highest BCUT2D eigenvalue weighted by Gasteiger charge is 2.43. The molecule has 5 nitrogen and oxygen atoms in total. The first kappa shape index (κ1) is 17.5. The number of nitrogens with zero attached hydrogens (tertiary/aromatic N) is 3. The van der Waals surface area contributed by atoms with Crippen molar-refractivity contribution in [2.45, 2.75) is 25.8 Å². The lowest BCUT2D eigenvalue weighted by Crippen LogP contribution is -2.53. The summed E-state index contributed by atoms with van der Waals surface area (Å²) in [5, 5.41) is 0. The molecule has 6 heteroatoms. The second-order valence-electron chi connectivity index (χ2n) is 7.75. The average molecular weight is 372 g/mol. The highest BCUT2D eigenvalue weighted by molar-refractivity contribution is 7.92. The number of likely N-dealkylation sites (tertiary alicyclic amines) is 1. The number of benzene rings is 1. The lowest BCUT2D eigenvalue weighted by molar-refractivity contribution is 0.0864. The summed E-state index contributed by atoms with van der Waals surface area (Å²) in [6, 6.07) is 12.0. The molecule has 1 aromatic carbocycles. The molecule has 0 N–H and O–H groups in total. The summed E-state index contributed by atoms with van der Waals surface area (Å²) in [7, 11) is -3.29. The topological polar surface area (TPSA) is 53.5 Å². The van der Waals surface area contributed by atoms with E-state index in [1.807, 2.05) is 30.5 Å². The van der Waals surface area contributed by atoms with Crippen molar-refractivity contribution < 1.29 is 8.42 Å². The number of hydrogen-bond acceptors (Lipinski definition) is 4. The Bertz CT molecular complexity index is 885. The number of aromatic nitrogens is 1. The number of piperidine rings is 1. The van der Waals surface area contributed by atoms with Gasteiger partial charge < -0.3 is 0 Å². The summed E-state index contributed by atoms with van der Waals surface area (Å²) in [6.07, 6.45) is 8.14. The van der Waals surface area contributed by atoms with E-state index in [1.165, 1.54) is 11.8 Å². The van der Waals surface area contributed by atoms with Crippen LogP contribution in [-0.2, 0) is 23.0 Å². The Morgan fingerprint density at radius 3 is 2.77 bits per heavy atom. The fraction of sp³-hybridized carbons (Fsp3) is 0.450. The SMILES string of the molecule is CS(=O)(=O)N1CC2(CCCN(Cc3cccnc3)C2)Cc2ccccc21. The molecule has 26 heavy (non-hydrogen) atoms. The lowest BCUT2D eigenvalue weighted by atomic mass is 9.72. The Morgan fingerprint density at radius 1 is 1.15 bits per heavy atom. The molecule has 1 spiro atoms. The van der Waals surface area contributed by atoms with Crippen LogP contribution in [-0.4, -0.2) is 44.2 Å². The molecule has 1 unspecified atom stereocenters. The van der Waals surface area contributed by atoms with Gasteiger partial charge in [0.2, 0.25) is 10.0 Å². The van der Waals surface area contributed by atoms with E-state index in [2.05, 4.69) is 22.0 Å². The van der Waals surface area contributed by atoms with Gasteiger partial charge in [0.05, 0.1) is 11.9 Å². The van der Waals surface area contributed by atoms with Crippen molar-refractivity contribution in [1.82, 2.24) is 9.88 Å². The van der Waals surface area contributed by atoms with Crippen molar-refractivity contribution >= 4 is 15.7 Å². The lowest BCUT2D eigenvalue weighted by Gasteiger charge is -2.48. The van der Waals surface area contributed by atoms with Gasteiger partial charge in [-0.05, 0) is 49.1 Å². The van der Waals surface area contributed by atoms with Crippen molar-refractivity contribution in [3.8, 4) is 0 Å². The quantitative estimate of drug-likeness (QED) is 0.832. The van der Waals surface area contributed by atoms with Crippen LogP contribution in [0.1, 0.15) is 24.0 Å². The Hall–Kier alpha value is -1.92. The van der Waals surface area contributed by atoms with Gasteiger partial charge in [0.25, 0.3) is 0 Å². The molecule has 1 atom stereocenters. The third-order valence-electron chi connectivity index (χ3n) is 5.57. The molecule has 2 aliphatic rings. The molecule has 1 fully saturated rings. The summed E-state index contributed by atoms with van der Waals surface area (Å²) in [5.41, 5.74) is 3.19. The summed E-state index contributed by atoms with van der Waals surface area (Å²) in [4.78, 5) is 6.67. The molecule has 0 amide bonds. The van der Waals surface area contributed by atoms with Crippen molar-refractivity contribution in [3.05, 3.63) is 59.9 Å². The minimum absolute atomic E-state index is 0.0160. The molecule has 3 heterocycles. The maximum Gasteiger partial charge on any atom is 0.232 e. The monoisotopic (exact) mass is 371 g/mol. The van der Waals surface area contributed by atoms with E-state index in [4.69, 9.17) is 0 Å². The van der Waals surface area contributed by atoms with Gasteiger partial charge in [-0.3, -0.25) is 14.2 Å². The molecule has 0 bridgehead atoms. The standard InChI is InChI=1S/C20H25N3O2S/c1-26(24,25)23-16-20(12-18-7-2-3-8-19(18)23)9-5-11-22(15-20)14-17-6-4-10-21-13-17/h2-4,6-8,10,13H,5,9,11-12,14-16H2,1H3. The van der Waals surface area contributed by atoms with Crippen molar-refractivity contribution in [1.29, 1.82) is 0 Å². The van der Waals surface area contributed by atoms with E-state index in [1.54, 1.807) is 10.5 Å². The minimum atomic E-state index is -3.29. The largest absolute Gasteiger partial charge is 0.298 e. The summed E-state index contributed by atoms with van der Waals surface area (Å²) < 4.78 is 26.5. The Kier molecular flexibility index (Phi) is 4.49. The van der Waals surface area contributed by atoms with Gasteiger partial charge in [0, 0.05) is 37.4 Å². The number of fused-ring (bicyclic) bond motifs is 1. The molecule has 2 aromatic rings. The Balaban J connectivity index is 1.61. The van der Waals surface area contributed by atoms with E-state index < -0.39 is 10.0 Å². The van der Waals surface area contributed by atoms with Crippen LogP contribution in [0.3, 0.4) is 0 Å². The molecule has 138 valence electrons. The minimum Gasteiger partial charge on any atom is -0.298 e. The first-order chi connectivity index (χ1) is 12.5. The van der Waals surface area contributed by atoms with Crippen molar-refractivity contribution in [2.75, 3.05) is 30.2 Å². The number of sulfonamides is 1. The fourth-order valence-electron chi connectivity index (χ4n) is 4.52. The number of rotatable bonds is 3. The highest BCUT2D eigenvalue weighted by Crippen LogP contribution is 2.43. The van der Waals surface area contributed by atoms with Gasteiger partial charge in [-0.15, -0.1) is 0 Å². The Labute approximate surface area is 155 Å². The number of hydrogen-bond donors (Lipinski definition) is 0. The average Bonchev–Trinajstić information content (AvgIpc) is 2.61. The predicted octanol–water partition coefficient (Wildman–Crippen LogP) is 2.69. The third kappa shape index (κ3) is 3.48. The molecule has 0 radical (unpaired) electrons. The van der Waals surface area contributed by atoms with Crippen LogP contribution >= 0.6 is 0 Å². The first-order valence-corrected chi connectivity index (χ1v) is 11.0. The van der Waals surface area contributed by atoms with Crippen LogP contribution in [0.5, 0.6) is 0 Å². The van der Waals surface area contributed by atoms with E-state index in [-0.39, 0.29) is 5.41 Å². The van der Waals surface area contributed by atoms with E-state index in [0.29, 0.717) is 6.54 Å². The van der Waals surface area contributed by atoms with Crippen LogP contribution in [0, 0.1) is 5.41 Å². The molecule has 0 saturated carbocycles. The zero-order valence-electron chi connectivity index (χ0n) is 15.1. The van der Waals surface area contributed by atoms with Crippen LogP contribution < -0.4 is 4.31 Å². The maximum atomic E-state index is 12.5. The van der Waals surface area contributed by atoms with Gasteiger partial charge in [0.15, 0.2) is 0 Å². The Morgan fingerprint density at radius 2 is 2.00 bits per heavy atom. The molecular weight excluding hydrogens is 346 g/mol. The second kappa shape index (κ2) is 6.67. The highest BCUT2D eigenvalue weighted by atomic mass is 32.2. The number of anilines is 1. The van der Waals surface area contributed by atoms with Gasteiger partial charge in [-0.25, -0.2) is 8.42 Å². The van der Waals surface area contributed by atoms with E-state index in [9.17, 15) is 8.42 Å². The van der Waals surface area contributed by atoms with Crippen LogP contribution in [0.25, 0.3) is 0 Å². The second-order valence-corrected chi connectivity index (χ2v) is 9.66. The fourth-order valence-corrected chi connectivity index (χ4v) is 5.56. The molecule has 4 rings (SSSR count). The van der Waals surface area contributed by atoms with E-state index >= 15 is 0 Å². The molecule has 0 aliphatic carbocycles. The van der Waals surface area contributed by atoms with Gasteiger partial charge in [-0.2, -0.15) is 0 Å².